The minimum absolute atomic E-state index is 0.0892. The van der Waals surface area contributed by atoms with E-state index in [4.69, 9.17) is 0 Å². The summed E-state index contributed by atoms with van der Waals surface area (Å²) in [5.74, 6) is -0.113. The highest BCUT2D eigenvalue weighted by Crippen LogP contribution is 1.96. The van der Waals surface area contributed by atoms with Gasteiger partial charge in [-0.3, -0.25) is 4.79 Å². The van der Waals surface area contributed by atoms with E-state index in [-0.39, 0.29) is 24.2 Å². The topological polar surface area (TPSA) is 75.7 Å². The molecule has 0 unspecified atom stereocenters. The molecule has 0 aromatic carbocycles. The average molecular weight is 180 g/mol. The molecule has 2 rings (SSSR count). The first kappa shape index (κ1) is 7.90. The third kappa shape index (κ3) is 1.42. The van der Waals surface area contributed by atoms with E-state index in [9.17, 15) is 9.59 Å². The fraction of sp³-hybridized carbons (Fsp3) is 0.429. The molecule has 13 heavy (non-hydrogen) atoms. The molecule has 6 heteroatoms. The van der Waals surface area contributed by atoms with Crippen molar-refractivity contribution in [2.75, 3.05) is 19.6 Å². The Morgan fingerprint density at radius 1 is 1.54 bits per heavy atom. The number of nitrogens with zero attached hydrogens (tertiary/aromatic N) is 2. The van der Waals surface area contributed by atoms with E-state index in [1.807, 2.05) is 0 Å². The average Bonchev–Trinajstić information content (AvgIpc) is 2.51. The summed E-state index contributed by atoms with van der Waals surface area (Å²) in [6.45, 7) is 1.35. The lowest BCUT2D eigenvalue weighted by atomic mass is 10.3. The van der Waals surface area contributed by atoms with Crippen molar-refractivity contribution in [3.63, 3.8) is 0 Å². The Kier molecular flexibility index (Phi) is 1.80. The van der Waals surface area contributed by atoms with Gasteiger partial charge in [0.1, 0.15) is 0 Å². The van der Waals surface area contributed by atoms with Gasteiger partial charge in [-0.15, -0.1) is 0 Å². The highest BCUT2D eigenvalue weighted by atomic mass is 16.2. The predicted molar refractivity (Wildman–Crippen MR) is 43.0 cm³/mol. The third-order valence-electron chi connectivity index (χ3n) is 1.87. The molecule has 2 heterocycles. The van der Waals surface area contributed by atoms with Crippen LogP contribution in [0.5, 0.6) is 0 Å². The number of rotatable bonds is 0. The Bertz CT molecular complexity index is 320. The summed E-state index contributed by atoms with van der Waals surface area (Å²) < 4.78 is 0. The molecule has 0 aromatic heterocycles. The van der Waals surface area contributed by atoms with Crippen molar-refractivity contribution in [1.82, 2.24) is 10.2 Å². The number of carbonyl (C=O) groups is 2. The van der Waals surface area contributed by atoms with E-state index in [1.54, 1.807) is 4.90 Å². The van der Waals surface area contributed by atoms with Gasteiger partial charge in [-0.05, 0) is 0 Å². The fourth-order valence-electron chi connectivity index (χ4n) is 1.27. The zero-order valence-corrected chi connectivity index (χ0v) is 6.83. The monoisotopic (exact) mass is 180 g/mol. The van der Waals surface area contributed by atoms with Crippen LogP contribution in [0.3, 0.4) is 0 Å². The van der Waals surface area contributed by atoms with Crippen molar-refractivity contribution in [1.29, 1.82) is 0 Å². The van der Waals surface area contributed by atoms with E-state index in [1.165, 1.54) is 0 Å². The number of amidine groups is 1. The van der Waals surface area contributed by atoms with Crippen LogP contribution in [0.2, 0.25) is 0 Å². The maximum atomic E-state index is 11.1. The van der Waals surface area contributed by atoms with Crippen LogP contribution >= 0.6 is 0 Å². The molecular formula is C7H8N4O2. The Morgan fingerprint density at radius 3 is 3.00 bits per heavy atom. The highest BCUT2D eigenvalue weighted by molar-refractivity contribution is 6.37. The van der Waals surface area contributed by atoms with Crippen molar-refractivity contribution in [2.24, 2.45) is 4.99 Å². The molecule has 2 aliphatic heterocycles. The normalized spacial score (nSPS) is 21.8. The molecule has 0 atom stereocenters. The summed E-state index contributed by atoms with van der Waals surface area (Å²) in [5, 5.41) is 2.66. The van der Waals surface area contributed by atoms with Gasteiger partial charge in [0.15, 0.2) is 5.84 Å². The lowest BCUT2D eigenvalue weighted by Gasteiger charge is -2.28. The fourth-order valence-corrected chi connectivity index (χ4v) is 1.27. The second kappa shape index (κ2) is 2.96. The van der Waals surface area contributed by atoms with E-state index in [2.05, 4.69) is 21.6 Å². The molecule has 2 N–H and O–H groups in total. The summed E-state index contributed by atoms with van der Waals surface area (Å²) in [4.78, 5) is 29.8. The lowest BCUT2D eigenvalue weighted by Crippen LogP contribution is -2.74. The van der Waals surface area contributed by atoms with E-state index >= 15 is 0 Å². The largest absolute Gasteiger partial charge is 0.382 e. The maximum Gasteiger partial charge on any atom is 0.249 e. The molecular weight excluding hydrogens is 172 g/mol. The molecule has 1 saturated heterocycles. The van der Waals surface area contributed by atoms with Crippen LogP contribution in [-0.4, -0.2) is 48.5 Å². The standard InChI is InChI=1S/C7H8N4O2/c12-5-3-11(2-1-8-5)6-7(13)10-4-9-6/h10H,1-3H2,(H,8,12). The predicted octanol–water partition coefficient (Wildman–Crippen LogP) is -3.66. The van der Waals surface area contributed by atoms with Crippen molar-refractivity contribution in [3.8, 4) is 0 Å². The van der Waals surface area contributed by atoms with Gasteiger partial charge in [0.25, 0.3) is 0 Å². The van der Waals surface area contributed by atoms with Gasteiger partial charge < -0.3 is 20.0 Å². The van der Waals surface area contributed by atoms with Crippen LogP contribution in [0.4, 0.5) is 0 Å². The number of hydrogen-bond donors (Lipinski definition) is 2. The van der Waals surface area contributed by atoms with E-state index in [0.29, 0.717) is 13.1 Å². The number of carbonyl (C=O) groups excluding carboxylic acids is 2. The quantitative estimate of drug-likeness (QED) is 0.377. The zero-order chi connectivity index (χ0) is 9.26. The number of hydrogen-bond acceptors (Lipinski definition) is 4. The van der Waals surface area contributed by atoms with Gasteiger partial charge in [0.2, 0.25) is 18.2 Å². The number of amides is 2. The molecule has 2 aliphatic rings. The number of aliphatic imine (C=N–C) groups is 1. The SMILES string of the molecule is O=C1CN(C2=N[C-]=[NH+]C2=O)CCN1. The number of nitrogens with one attached hydrogen (secondary N) is 2. The van der Waals surface area contributed by atoms with Crippen molar-refractivity contribution in [3.05, 3.63) is 0 Å². The van der Waals surface area contributed by atoms with E-state index < -0.39 is 0 Å². The van der Waals surface area contributed by atoms with Gasteiger partial charge in [0.05, 0.1) is 6.54 Å². The maximum absolute atomic E-state index is 11.1. The summed E-state index contributed by atoms with van der Waals surface area (Å²) in [7, 11) is 0. The van der Waals surface area contributed by atoms with Crippen LogP contribution in [0.1, 0.15) is 0 Å². The van der Waals surface area contributed by atoms with Gasteiger partial charge in [-0.1, -0.05) is 0 Å². The third-order valence-corrected chi connectivity index (χ3v) is 1.87. The highest BCUT2D eigenvalue weighted by Gasteiger charge is 2.23. The van der Waals surface area contributed by atoms with Gasteiger partial charge in [-0.25, -0.2) is 0 Å². The first-order chi connectivity index (χ1) is 6.27. The lowest BCUT2D eigenvalue weighted by molar-refractivity contribution is -0.361. The van der Waals surface area contributed by atoms with Crippen LogP contribution in [0.25, 0.3) is 0 Å². The molecule has 0 bridgehead atoms. The van der Waals surface area contributed by atoms with Crippen molar-refractivity contribution < 1.29 is 14.6 Å². The van der Waals surface area contributed by atoms with Crippen LogP contribution in [0.15, 0.2) is 4.99 Å². The first-order valence-corrected chi connectivity index (χ1v) is 3.92. The summed E-state index contributed by atoms with van der Waals surface area (Å²) in [6.07, 6.45) is 2.35. The molecule has 1 fully saturated rings. The van der Waals surface area contributed by atoms with E-state index in [0.717, 1.165) is 0 Å². The molecule has 68 valence electrons. The Morgan fingerprint density at radius 2 is 2.38 bits per heavy atom. The van der Waals surface area contributed by atoms with Crippen LogP contribution in [-0.2, 0) is 9.59 Å². The van der Waals surface area contributed by atoms with Crippen molar-refractivity contribution in [2.45, 2.75) is 0 Å². The Labute approximate surface area is 74.3 Å². The molecule has 0 saturated carbocycles. The zero-order valence-electron chi connectivity index (χ0n) is 6.83. The van der Waals surface area contributed by atoms with Crippen LogP contribution in [0, 0.1) is 0 Å². The molecule has 0 spiro atoms. The molecule has 0 aliphatic carbocycles. The molecule has 0 radical (unpaired) electrons. The van der Waals surface area contributed by atoms with Gasteiger partial charge >= 0.3 is 0 Å². The number of piperazine rings is 1. The summed E-state index contributed by atoms with van der Waals surface area (Å²) >= 11 is 0. The van der Waals surface area contributed by atoms with Gasteiger partial charge in [0, 0.05) is 13.1 Å². The molecule has 6 nitrogen and oxygen atoms in total. The minimum atomic E-state index is -0.297. The first-order valence-electron chi connectivity index (χ1n) is 3.92. The Balaban J connectivity index is 2.09. The second-order valence-electron chi connectivity index (χ2n) is 2.77. The van der Waals surface area contributed by atoms with Crippen LogP contribution < -0.4 is 10.3 Å². The summed E-state index contributed by atoms with van der Waals surface area (Å²) in [5.41, 5.74) is 0. The minimum Gasteiger partial charge on any atom is -0.382 e. The molecule has 2 amide bonds. The smallest absolute Gasteiger partial charge is 0.249 e. The Hall–Kier alpha value is -1.72. The van der Waals surface area contributed by atoms with Crippen molar-refractivity contribution >= 4 is 24.0 Å². The summed E-state index contributed by atoms with van der Waals surface area (Å²) in [6, 6.07) is 0. The molecule has 0 aromatic rings. The second-order valence-corrected chi connectivity index (χ2v) is 2.77. The van der Waals surface area contributed by atoms with Gasteiger partial charge in [-0.2, -0.15) is 4.99 Å².